The molecule has 0 aromatic carbocycles. The Labute approximate surface area is 121 Å². The summed E-state index contributed by atoms with van der Waals surface area (Å²) in [6, 6.07) is 0.268. The van der Waals surface area contributed by atoms with E-state index in [2.05, 4.69) is 12.2 Å². The molecule has 4 atom stereocenters. The van der Waals surface area contributed by atoms with Crippen molar-refractivity contribution in [3.63, 3.8) is 0 Å². The highest BCUT2D eigenvalue weighted by molar-refractivity contribution is 5.93. The Morgan fingerprint density at radius 2 is 2.00 bits per heavy atom. The number of fused-ring (bicyclic) bond motifs is 2. The van der Waals surface area contributed by atoms with E-state index in [4.69, 9.17) is 0 Å². The lowest BCUT2D eigenvalue weighted by Crippen LogP contribution is -2.56. The lowest BCUT2D eigenvalue weighted by Gasteiger charge is -2.39. The van der Waals surface area contributed by atoms with Gasteiger partial charge >= 0.3 is 0 Å². The molecule has 1 saturated heterocycles. The van der Waals surface area contributed by atoms with Crippen LogP contribution in [0, 0.1) is 17.8 Å². The van der Waals surface area contributed by atoms with Gasteiger partial charge in [-0.3, -0.25) is 9.59 Å². The standard InChI is InChI=1S/C16H26N2O2/c1-10(13-9-11-4-5-12(13)8-11)18-7-6-14(19)17-16(2,3)15(18)20/h10-13H,4-9H2,1-3H3,(H,17,19). The van der Waals surface area contributed by atoms with Crippen molar-refractivity contribution in [1.29, 1.82) is 0 Å². The van der Waals surface area contributed by atoms with Crippen LogP contribution in [0.2, 0.25) is 0 Å². The van der Waals surface area contributed by atoms with Crippen molar-refractivity contribution in [2.24, 2.45) is 17.8 Å². The minimum atomic E-state index is -0.764. The third-order valence-corrected chi connectivity index (χ3v) is 5.73. The number of hydrogen-bond acceptors (Lipinski definition) is 2. The Morgan fingerprint density at radius 1 is 1.25 bits per heavy atom. The molecule has 112 valence electrons. The van der Waals surface area contributed by atoms with Crippen LogP contribution in [0.4, 0.5) is 0 Å². The first-order valence-electron chi connectivity index (χ1n) is 8.00. The molecule has 3 fully saturated rings. The van der Waals surface area contributed by atoms with Gasteiger partial charge in [-0.15, -0.1) is 0 Å². The van der Waals surface area contributed by atoms with Crippen LogP contribution in [-0.2, 0) is 9.59 Å². The Morgan fingerprint density at radius 3 is 2.60 bits per heavy atom. The van der Waals surface area contributed by atoms with Crippen molar-refractivity contribution < 1.29 is 9.59 Å². The summed E-state index contributed by atoms with van der Waals surface area (Å²) in [5.41, 5.74) is -0.764. The van der Waals surface area contributed by atoms with Crippen LogP contribution in [-0.4, -0.2) is 34.8 Å². The van der Waals surface area contributed by atoms with Gasteiger partial charge in [0, 0.05) is 19.0 Å². The third-order valence-electron chi connectivity index (χ3n) is 5.73. The largest absolute Gasteiger partial charge is 0.342 e. The normalized spacial score (nSPS) is 37.8. The quantitative estimate of drug-likeness (QED) is 0.839. The monoisotopic (exact) mass is 278 g/mol. The zero-order chi connectivity index (χ0) is 14.5. The molecule has 2 bridgehead atoms. The Bertz CT molecular complexity index is 432. The first kappa shape index (κ1) is 13.9. The van der Waals surface area contributed by atoms with Gasteiger partial charge in [-0.2, -0.15) is 0 Å². The minimum Gasteiger partial charge on any atom is -0.342 e. The fraction of sp³-hybridized carbons (Fsp3) is 0.875. The molecule has 2 saturated carbocycles. The number of hydrogen-bond donors (Lipinski definition) is 1. The van der Waals surface area contributed by atoms with Crippen molar-refractivity contribution in [2.45, 2.75) is 64.5 Å². The van der Waals surface area contributed by atoms with Gasteiger partial charge in [0.25, 0.3) is 0 Å². The van der Waals surface area contributed by atoms with Crippen molar-refractivity contribution in [2.75, 3.05) is 6.54 Å². The molecule has 1 aliphatic heterocycles. The van der Waals surface area contributed by atoms with E-state index >= 15 is 0 Å². The number of nitrogens with one attached hydrogen (secondary N) is 1. The molecule has 0 spiro atoms. The average molecular weight is 278 g/mol. The second kappa shape index (κ2) is 4.74. The van der Waals surface area contributed by atoms with E-state index in [0.717, 1.165) is 11.8 Å². The number of rotatable bonds is 2. The number of carbonyl (C=O) groups is 2. The molecule has 2 amide bonds. The predicted molar refractivity (Wildman–Crippen MR) is 77.0 cm³/mol. The molecule has 0 radical (unpaired) electrons. The smallest absolute Gasteiger partial charge is 0.248 e. The van der Waals surface area contributed by atoms with E-state index in [1.807, 2.05) is 18.7 Å². The number of nitrogens with zero attached hydrogens (tertiary/aromatic N) is 1. The summed E-state index contributed by atoms with van der Waals surface area (Å²) in [6.07, 6.45) is 5.78. The summed E-state index contributed by atoms with van der Waals surface area (Å²) in [7, 11) is 0. The molecule has 1 heterocycles. The fourth-order valence-corrected chi connectivity index (χ4v) is 4.65. The topological polar surface area (TPSA) is 49.4 Å². The Hall–Kier alpha value is -1.06. The van der Waals surface area contributed by atoms with Crippen LogP contribution >= 0.6 is 0 Å². The van der Waals surface area contributed by atoms with Gasteiger partial charge < -0.3 is 10.2 Å². The summed E-state index contributed by atoms with van der Waals surface area (Å²) >= 11 is 0. The van der Waals surface area contributed by atoms with Gasteiger partial charge in [-0.1, -0.05) is 6.42 Å². The molecule has 1 N–H and O–H groups in total. The summed E-state index contributed by atoms with van der Waals surface area (Å²) in [6.45, 7) is 6.40. The molecule has 20 heavy (non-hydrogen) atoms. The maximum absolute atomic E-state index is 12.7. The first-order valence-corrected chi connectivity index (χ1v) is 8.00. The van der Waals surface area contributed by atoms with Crippen molar-refractivity contribution in [3.05, 3.63) is 0 Å². The van der Waals surface area contributed by atoms with Crippen LogP contribution in [0.1, 0.15) is 52.9 Å². The van der Waals surface area contributed by atoms with E-state index < -0.39 is 5.54 Å². The van der Waals surface area contributed by atoms with Crippen LogP contribution < -0.4 is 5.32 Å². The number of amides is 2. The third kappa shape index (κ3) is 2.23. The maximum Gasteiger partial charge on any atom is 0.248 e. The van der Waals surface area contributed by atoms with E-state index in [0.29, 0.717) is 18.9 Å². The fourth-order valence-electron chi connectivity index (χ4n) is 4.65. The maximum atomic E-state index is 12.7. The van der Waals surface area contributed by atoms with E-state index in [1.54, 1.807) is 0 Å². The van der Waals surface area contributed by atoms with E-state index in [1.165, 1.54) is 25.7 Å². The van der Waals surface area contributed by atoms with Gasteiger partial charge in [0.1, 0.15) is 5.54 Å². The second-order valence-corrected chi connectivity index (χ2v) is 7.50. The highest BCUT2D eigenvalue weighted by Crippen LogP contribution is 2.50. The van der Waals surface area contributed by atoms with Crippen LogP contribution in [0.5, 0.6) is 0 Å². The van der Waals surface area contributed by atoms with E-state index in [9.17, 15) is 9.59 Å². The molecule has 4 heteroatoms. The zero-order valence-corrected chi connectivity index (χ0v) is 12.8. The average Bonchev–Trinajstić information content (AvgIpc) is 2.97. The predicted octanol–water partition coefficient (Wildman–Crippen LogP) is 1.94. The van der Waals surface area contributed by atoms with Crippen molar-refractivity contribution in [1.82, 2.24) is 10.2 Å². The van der Waals surface area contributed by atoms with Crippen LogP contribution in [0.3, 0.4) is 0 Å². The van der Waals surface area contributed by atoms with Crippen LogP contribution in [0.15, 0.2) is 0 Å². The summed E-state index contributed by atoms with van der Waals surface area (Å²) in [5, 5.41) is 2.85. The Balaban J connectivity index is 1.77. The van der Waals surface area contributed by atoms with Crippen LogP contribution in [0.25, 0.3) is 0 Å². The lowest BCUT2D eigenvalue weighted by atomic mass is 9.83. The highest BCUT2D eigenvalue weighted by atomic mass is 16.2. The summed E-state index contributed by atoms with van der Waals surface area (Å²) in [4.78, 5) is 26.5. The molecule has 0 aromatic rings. The summed E-state index contributed by atoms with van der Waals surface area (Å²) in [5.74, 6) is 2.41. The van der Waals surface area contributed by atoms with Gasteiger partial charge in [-0.25, -0.2) is 0 Å². The SMILES string of the molecule is CC(C1CC2CCC1C2)N1CCC(=O)NC(C)(C)C1=O. The van der Waals surface area contributed by atoms with Crippen molar-refractivity contribution in [3.8, 4) is 0 Å². The van der Waals surface area contributed by atoms with Gasteiger partial charge in [-0.05, 0) is 57.8 Å². The Kier molecular flexibility index (Phi) is 3.30. The van der Waals surface area contributed by atoms with Gasteiger partial charge in [0.15, 0.2) is 0 Å². The van der Waals surface area contributed by atoms with Gasteiger partial charge in [0.05, 0.1) is 0 Å². The molecular weight excluding hydrogens is 252 g/mol. The highest BCUT2D eigenvalue weighted by Gasteiger charge is 2.46. The van der Waals surface area contributed by atoms with E-state index in [-0.39, 0.29) is 17.9 Å². The first-order chi connectivity index (χ1) is 9.38. The molecule has 3 rings (SSSR count). The molecular formula is C16H26N2O2. The minimum absolute atomic E-state index is 0.00834. The molecule has 4 nitrogen and oxygen atoms in total. The summed E-state index contributed by atoms with van der Waals surface area (Å²) < 4.78 is 0. The molecule has 0 aromatic heterocycles. The van der Waals surface area contributed by atoms with Gasteiger partial charge in [0.2, 0.25) is 11.8 Å². The molecule has 3 aliphatic rings. The van der Waals surface area contributed by atoms with Crippen molar-refractivity contribution >= 4 is 11.8 Å². The number of carbonyl (C=O) groups excluding carboxylic acids is 2. The lowest BCUT2D eigenvalue weighted by molar-refractivity contribution is -0.140. The second-order valence-electron chi connectivity index (χ2n) is 7.50. The zero-order valence-electron chi connectivity index (χ0n) is 12.8. The molecule has 4 unspecified atom stereocenters. The molecule has 2 aliphatic carbocycles.